The first-order valence-corrected chi connectivity index (χ1v) is 3.43. The van der Waals surface area contributed by atoms with Gasteiger partial charge in [-0.3, -0.25) is 14.2 Å². The van der Waals surface area contributed by atoms with E-state index < -0.39 is 5.91 Å². The molecule has 1 heterocycles. The first-order chi connectivity index (χ1) is 6.11. The summed E-state index contributed by atoms with van der Waals surface area (Å²) in [5, 5.41) is 0. The lowest BCUT2D eigenvalue weighted by atomic mass is 10.4. The van der Waals surface area contributed by atoms with Crippen LogP contribution in [0.15, 0.2) is 0 Å². The molecular weight excluding hydrogens is 174 g/mol. The first kappa shape index (κ1) is 9.20. The van der Waals surface area contributed by atoms with Crippen LogP contribution >= 0.6 is 0 Å². The lowest BCUT2D eigenvalue weighted by Gasteiger charge is -1.96. The lowest BCUT2D eigenvalue weighted by molar-refractivity contribution is 0.0997. The lowest BCUT2D eigenvalue weighted by Crippen LogP contribution is -2.14. The Hall–Kier alpha value is -1.89. The quantitative estimate of drug-likeness (QED) is 0.469. The number of amides is 1. The number of aromatic nitrogens is 2. The van der Waals surface area contributed by atoms with Gasteiger partial charge in [-0.15, -0.1) is 0 Å². The first-order valence-electron chi connectivity index (χ1n) is 3.43. The summed E-state index contributed by atoms with van der Waals surface area (Å²) in [6.07, 6.45) is 0.428. The van der Waals surface area contributed by atoms with E-state index in [0.29, 0.717) is 6.41 Å². The predicted octanol–water partition coefficient (Wildman–Crippen LogP) is -1.94. The largest absolute Gasteiger partial charge is 0.383 e. The van der Waals surface area contributed by atoms with Gasteiger partial charge in [0, 0.05) is 0 Å². The molecule has 0 spiro atoms. The highest BCUT2D eigenvalue weighted by molar-refractivity contribution is 5.96. The number of nitrogens with zero attached hydrogens (tertiary/aromatic N) is 2. The summed E-state index contributed by atoms with van der Waals surface area (Å²) in [7, 11) is 0. The predicted molar refractivity (Wildman–Crippen MR) is 45.2 cm³/mol. The molecule has 0 unspecified atom stereocenters. The Labute approximate surface area is 73.5 Å². The summed E-state index contributed by atoms with van der Waals surface area (Å²) in [4.78, 5) is 24.9. The molecule has 70 valence electrons. The number of primary amides is 1. The van der Waals surface area contributed by atoms with E-state index >= 15 is 0 Å². The van der Waals surface area contributed by atoms with Crippen LogP contribution in [0.5, 0.6) is 0 Å². The van der Waals surface area contributed by atoms with Crippen molar-refractivity contribution >= 4 is 18.1 Å². The van der Waals surface area contributed by atoms with Gasteiger partial charge in [-0.05, 0) is 0 Å². The third-order valence-corrected chi connectivity index (χ3v) is 1.54. The molecule has 13 heavy (non-hydrogen) atoms. The fraction of sp³-hybridized carbons (Fsp3) is 0.167. The molecule has 7 nitrogen and oxygen atoms in total. The van der Waals surface area contributed by atoms with Crippen molar-refractivity contribution in [3.8, 4) is 0 Å². The smallest absolute Gasteiger partial charge is 0.271 e. The molecule has 0 aliphatic heterocycles. The molecule has 1 amide bonds. The molecule has 0 atom stereocenters. The number of nitrogen functional groups attached to an aromatic ring is 1. The van der Waals surface area contributed by atoms with Gasteiger partial charge >= 0.3 is 0 Å². The van der Waals surface area contributed by atoms with Gasteiger partial charge in [-0.2, -0.15) is 0 Å². The fourth-order valence-electron chi connectivity index (χ4n) is 0.936. The van der Waals surface area contributed by atoms with Gasteiger partial charge in [0.2, 0.25) is 6.41 Å². The van der Waals surface area contributed by atoms with E-state index in [9.17, 15) is 9.59 Å². The number of imidazole rings is 1. The average molecular weight is 183 g/mol. The van der Waals surface area contributed by atoms with E-state index in [1.165, 1.54) is 0 Å². The van der Waals surface area contributed by atoms with Crippen LogP contribution in [-0.2, 0) is 11.3 Å². The van der Waals surface area contributed by atoms with Crippen LogP contribution in [-0.4, -0.2) is 21.9 Å². The summed E-state index contributed by atoms with van der Waals surface area (Å²) in [6.45, 7) is 0.0101. The molecule has 0 saturated heterocycles. The van der Waals surface area contributed by atoms with Gasteiger partial charge in [0.05, 0.1) is 6.54 Å². The van der Waals surface area contributed by atoms with Crippen molar-refractivity contribution in [1.82, 2.24) is 9.55 Å². The minimum Gasteiger partial charge on any atom is -0.383 e. The molecule has 0 fully saturated rings. The summed E-state index contributed by atoms with van der Waals surface area (Å²) in [6, 6.07) is 0. The normalized spacial score (nSPS) is 9.92. The molecular formula is C6H9N5O2. The van der Waals surface area contributed by atoms with E-state index in [-0.39, 0.29) is 23.9 Å². The summed E-state index contributed by atoms with van der Waals surface area (Å²) >= 11 is 0. The third kappa shape index (κ3) is 1.36. The monoisotopic (exact) mass is 183 g/mol. The van der Waals surface area contributed by atoms with Gasteiger partial charge in [0.25, 0.3) is 5.91 Å². The van der Waals surface area contributed by atoms with Gasteiger partial charge in [-0.1, -0.05) is 0 Å². The third-order valence-electron chi connectivity index (χ3n) is 1.54. The van der Waals surface area contributed by atoms with Crippen LogP contribution in [0.1, 0.15) is 16.3 Å². The molecule has 0 aliphatic rings. The number of carbonyl (C=O) groups excluding carboxylic acids is 2. The molecule has 1 rings (SSSR count). The maximum atomic E-state index is 10.7. The topological polar surface area (TPSA) is 130 Å². The van der Waals surface area contributed by atoms with Crippen molar-refractivity contribution in [2.75, 3.05) is 5.73 Å². The van der Waals surface area contributed by atoms with E-state index in [2.05, 4.69) is 4.98 Å². The van der Waals surface area contributed by atoms with E-state index in [4.69, 9.17) is 17.2 Å². The number of anilines is 1. The standard InChI is InChI=1S/C6H9N5O2/c7-1-3-10-4(6(9)13)5(8)11(3)2-12/h2H,1,7-8H2,(H2,9,13). The second-order valence-electron chi connectivity index (χ2n) is 2.31. The molecule has 0 radical (unpaired) electrons. The van der Waals surface area contributed by atoms with E-state index in [0.717, 1.165) is 4.57 Å². The van der Waals surface area contributed by atoms with Crippen LogP contribution in [0, 0.1) is 0 Å². The van der Waals surface area contributed by atoms with Crippen molar-refractivity contribution < 1.29 is 9.59 Å². The minimum atomic E-state index is -0.784. The zero-order chi connectivity index (χ0) is 10.0. The SMILES string of the molecule is NCc1nc(C(N)=O)c(N)n1C=O. The zero-order valence-electron chi connectivity index (χ0n) is 6.73. The highest BCUT2D eigenvalue weighted by atomic mass is 16.1. The second kappa shape index (κ2) is 3.23. The molecule has 7 heteroatoms. The summed E-state index contributed by atoms with van der Waals surface area (Å²) in [5.41, 5.74) is 15.5. The van der Waals surface area contributed by atoms with Gasteiger partial charge in [0.1, 0.15) is 11.6 Å². The van der Waals surface area contributed by atoms with Gasteiger partial charge < -0.3 is 17.2 Å². The summed E-state index contributed by atoms with van der Waals surface area (Å²) in [5.74, 6) is -0.656. The molecule has 0 bridgehead atoms. The maximum Gasteiger partial charge on any atom is 0.271 e. The number of nitrogens with two attached hydrogens (primary N) is 3. The highest BCUT2D eigenvalue weighted by Gasteiger charge is 2.16. The Kier molecular flexibility index (Phi) is 2.29. The maximum absolute atomic E-state index is 10.7. The van der Waals surface area contributed by atoms with Crippen LogP contribution < -0.4 is 17.2 Å². The van der Waals surface area contributed by atoms with Crippen molar-refractivity contribution in [1.29, 1.82) is 0 Å². The Morgan fingerprint density at radius 2 is 2.23 bits per heavy atom. The molecule has 1 aromatic rings. The Morgan fingerprint density at radius 1 is 1.62 bits per heavy atom. The highest BCUT2D eigenvalue weighted by Crippen LogP contribution is 2.11. The van der Waals surface area contributed by atoms with Crippen LogP contribution in [0.2, 0.25) is 0 Å². The Morgan fingerprint density at radius 3 is 2.54 bits per heavy atom. The van der Waals surface area contributed by atoms with Crippen LogP contribution in [0.25, 0.3) is 0 Å². The molecule has 0 aliphatic carbocycles. The van der Waals surface area contributed by atoms with E-state index in [1.807, 2.05) is 0 Å². The summed E-state index contributed by atoms with van der Waals surface area (Å²) < 4.78 is 0.986. The number of carbonyl (C=O) groups is 2. The molecule has 6 N–H and O–H groups in total. The molecule has 0 aromatic carbocycles. The molecule has 0 saturated carbocycles. The van der Waals surface area contributed by atoms with Crippen molar-refractivity contribution in [3.05, 3.63) is 11.5 Å². The zero-order valence-corrected chi connectivity index (χ0v) is 6.73. The average Bonchev–Trinajstić information content (AvgIpc) is 2.41. The number of hydrogen-bond acceptors (Lipinski definition) is 5. The Bertz CT molecular complexity index is 356. The second-order valence-corrected chi connectivity index (χ2v) is 2.31. The van der Waals surface area contributed by atoms with E-state index in [1.54, 1.807) is 0 Å². The molecule has 1 aromatic heterocycles. The van der Waals surface area contributed by atoms with Gasteiger partial charge in [0.15, 0.2) is 5.69 Å². The number of rotatable bonds is 3. The van der Waals surface area contributed by atoms with Crippen molar-refractivity contribution in [2.24, 2.45) is 11.5 Å². The fourth-order valence-corrected chi connectivity index (χ4v) is 0.936. The van der Waals surface area contributed by atoms with Crippen LogP contribution in [0.3, 0.4) is 0 Å². The Balaban J connectivity index is 3.34. The van der Waals surface area contributed by atoms with Crippen molar-refractivity contribution in [3.63, 3.8) is 0 Å². The number of hydrogen-bond donors (Lipinski definition) is 3. The van der Waals surface area contributed by atoms with Crippen molar-refractivity contribution in [2.45, 2.75) is 6.54 Å². The minimum absolute atomic E-state index is 0.0101. The van der Waals surface area contributed by atoms with Gasteiger partial charge in [-0.25, -0.2) is 4.98 Å². The van der Waals surface area contributed by atoms with Crippen LogP contribution in [0.4, 0.5) is 5.82 Å².